The molecule has 0 fully saturated rings. The summed E-state index contributed by atoms with van der Waals surface area (Å²) in [4.78, 5) is 0. The number of halogens is 1. The van der Waals surface area contributed by atoms with E-state index in [0.29, 0.717) is 5.02 Å². The number of rotatable bonds is 6. The Morgan fingerprint density at radius 3 is 2.33 bits per heavy atom. The van der Waals surface area contributed by atoms with Crippen molar-refractivity contribution < 1.29 is 5.11 Å². The van der Waals surface area contributed by atoms with Crippen molar-refractivity contribution in [2.45, 2.75) is 32.2 Å². The van der Waals surface area contributed by atoms with Gasteiger partial charge in [0.1, 0.15) is 0 Å². The maximum Gasteiger partial charge on any atom is 0.0854 e. The smallest absolute Gasteiger partial charge is 0.0854 e. The van der Waals surface area contributed by atoms with Crippen LogP contribution in [-0.2, 0) is 12.0 Å². The molecule has 2 rings (SSSR count). The second-order valence-electron chi connectivity index (χ2n) is 5.28. The standard InChI is InChI=1S/C18H22ClNO/c1-3-14-8-10-15(11-9-14)18(4-2,13-21)20-17-7-5-6-16(19)12-17/h5-12,20-21H,3-4,13H2,1-2H3. The second-order valence-corrected chi connectivity index (χ2v) is 5.72. The van der Waals surface area contributed by atoms with E-state index in [0.717, 1.165) is 24.1 Å². The highest BCUT2D eigenvalue weighted by Crippen LogP contribution is 2.30. The summed E-state index contributed by atoms with van der Waals surface area (Å²) < 4.78 is 0. The van der Waals surface area contributed by atoms with Crippen molar-refractivity contribution >= 4 is 17.3 Å². The van der Waals surface area contributed by atoms with Gasteiger partial charge in [0.2, 0.25) is 0 Å². The highest BCUT2D eigenvalue weighted by molar-refractivity contribution is 6.30. The average molecular weight is 304 g/mol. The van der Waals surface area contributed by atoms with Gasteiger partial charge in [0.05, 0.1) is 12.1 Å². The first-order valence-corrected chi connectivity index (χ1v) is 7.75. The van der Waals surface area contributed by atoms with Gasteiger partial charge in [0, 0.05) is 10.7 Å². The fourth-order valence-corrected chi connectivity index (χ4v) is 2.70. The first kappa shape index (κ1) is 15.9. The highest BCUT2D eigenvalue weighted by Gasteiger charge is 2.29. The van der Waals surface area contributed by atoms with Gasteiger partial charge in [-0.15, -0.1) is 0 Å². The summed E-state index contributed by atoms with van der Waals surface area (Å²) in [6, 6.07) is 16.0. The van der Waals surface area contributed by atoms with Crippen LogP contribution < -0.4 is 5.32 Å². The van der Waals surface area contributed by atoms with Crippen LogP contribution in [0.15, 0.2) is 48.5 Å². The van der Waals surface area contributed by atoms with E-state index in [1.165, 1.54) is 5.56 Å². The molecule has 0 heterocycles. The van der Waals surface area contributed by atoms with Gasteiger partial charge in [-0.25, -0.2) is 0 Å². The molecule has 2 nitrogen and oxygen atoms in total. The van der Waals surface area contributed by atoms with E-state index >= 15 is 0 Å². The predicted molar refractivity (Wildman–Crippen MR) is 89.9 cm³/mol. The van der Waals surface area contributed by atoms with Crippen molar-refractivity contribution in [1.29, 1.82) is 0 Å². The highest BCUT2D eigenvalue weighted by atomic mass is 35.5. The lowest BCUT2D eigenvalue weighted by molar-refractivity contribution is 0.207. The van der Waals surface area contributed by atoms with E-state index in [2.05, 4.69) is 43.4 Å². The van der Waals surface area contributed by atoms with Gasteiger partial charge in [-0.2, -0.15) is 0 Å². The van der Waals surface area contributed by atoms with Crippen molar-refractivity contribution in [3.8, 4) is 0 Å². The molecule has 0 aliphatic heterocycles. The lowest BCUT2D eigenvalue weighted by atomic mass is 9.87. The minimum absolute atomic E-state index is 0.0293. The van der Waals surface area contributed by atoms with Crippen LogP contribution in [-0.4, -0.2) is 11.7 Å². The Balaban J connectivity index is 2.34. The largest absolute Gasteiger partial charge is 0.394 e. The zero-order chi connectivity index (χ0) is 15.3. The van der Waals surface area contributed by atoms with Gasteiger partial charge in [-0.1, -0.05) is 55.8 Å². The second kappa shape index (κ2) is 6.97. The predicted octanol–water partition coefficient (Wildman–Crippen LogP) is 4.61. The van der Waals surface area contributed by atoms with Crippen molar-refractivity contribution in [1.82, 2.24) is 0 Å². The van der Waals surface area contributed by atoms with Crippen LogP contribution in [0.3, 0.4) is 0 Å². The van der Waals surface area contributed by atoms with E-state index in [9.17, 15) is 5.11 Å². The molecule has 0 aromatic heterocycles. The number of nitrogens with one attached hydrogen (secondary N) is 1. The summed E-state index contributed by atoms with van der Waals surface area (Å²) in [6.45, 7) is 4.24. The Labute approximate surface area is 131 Å². The van der Waals surface area contributed by atoms with Crippen LogP contribution in [0.2, 0.25) is 5.02 Å². The summed E-state index contributed by atoms with van der Waals surface area (Å²) in [5.41, 5.74) is 2.81. The fourth-order valence-electron chi connectivity index (χ4n) is 2.51. The maximum atomic E-state index is 9.99. The minimum Gasteiger partial charge on any atom is -0.394 e. The average Bonchev–Trinajstić information content (AvgIpc) is 2.53. The van der Waals surface area contributed by atoms with Crippen molar-refractivity contribution in [2.75, 3.05) is 11.9 Å². The summed E-state index contributed by atoms with van der Waals surface area (Å²) in [5, 5.41) is 14.1. The number of benzene rings is 2. The molecule has 0 aliphatic carbocycles. The SMILES string of the molecule is CCc1ccc(C(CC)(CO)Nc2cccc(Cl)c2)cc1. The minimum atomic E-state index is -0.489. The van der Waals surface area contributed by atoms with Crippen molar-refractivity contribution in [3.63, 3.8) is 0 Å². The molecule has 0 aliphatic rings. The van der Waals surface area contributed by atoms with Gasteiger partial charge in [-0.3, -0.25) is 0 Å². The van der Waals surface area contributed by atoms with Crippen LogP contribution in [0.1, 0.15) is 31.4 Å². The molecule has 0 saturated carbocycles. The molecule has 0 amide bonds. The Bertz CT molecular complexity index is 576. The number of anilines is 1. The van der Waals surface area contributed by atoms with Crippen LogP contribution >= 0.6 is 11.6 Å². The van der Waals surface area contributed by atoms with Crippen LogP contribution in [0, 0.1) is 0 Å². The molecule has 2 aromatic rings. The molecular weight excluding hydrogens is 282 g/mol. The molecule has 2 N–H and O–H groups in total. The molecule has 112 valence electrons. The Morgan fingerprint density at radius 1 is 1.10 bits per heavy atom. The molecule has 2 aromatic carbocycles. The number of hydrogen-bond acceptors (Lipinski definition) is 2. The lowest BCUT2D eigenvalue weighted by Crippen LogP contribution is -2.38. The molecule has 21 heavy (non-hydrogen) atoms. The first-order chi connectivity index (χ1) is 10.1. The third kappa shape index (κ3) is 3.58. The molecule has 0 radical (unpaired) electrons. The molecule has 1 unspecified atom stereocenters. The Morgan fingerprint density at radius 2 is 1.81 bits per heavy atom. The lowest BCUT2D eigenvalue weighted by Gasteiger charge is -2.34. The molecule has 0 spiro atoms. The number of aliphatic hydroxyl groups is 1. The third-order valence-corrected chi connectivity index (χ3v) is 4.23. The van der Waals surface area contributed by atoms with Gasteiger partial charge in [0.15, 0.2) is 0 Å². The third-order valence-electron chi connectivity index (χ3n) is 4.00. The monoisotopic (exact) mass is 303 g/mol. The van der Waals surface area contributed by atoms with E-state index in [4.69, 9.17) is 11.6 Å². The number of aliphatic hydroxyl groups excluding tert-OH is 1. The van der Waals surface area contributed by atoms with Gasteiger partial charge < -0.3 is 10.4 Å². The molecule has 1 atom stereocenters. The molecular formula is C18H22ClNO. The van der Waals surface area contributed by atoms with E-state index in [1.807, 2.05) is 24.3 Å². The van der Waals surface area contributed by atoms with Gasteiger partial charge in [0.25, 0.3) is 0 Å². The topological polar surface area (TPSA) is 32.3 Å². The summed E-state index contributed by atoms with van der Waals surface area (Å²) in [5.74, 6) is 0. The zero-order valence-corrected chi connectivity index (χ0v) is 13.3. The first-order valence-electron chi connectivity index (χ1n) is 7.37. The fraction of sp³-hybridized carbons (Fsp3) is 0.333. The van der Waals surface area contributed by atoms with Gasteiger partial charge in [-0.05, 0) is 42.2 Å². The van der Waals surface area contributed by atoms with Crippen LogP contribution in [0.5, 0.6) is 0 Å². The quantitative estimate of drug-likeness (QED) is 0.816. The summed E-state index contributed by atoms with van der Waals surface area (Å²) >= 11 is 6.04. The van der Waals surface area contributed by atoms with Crippen molar-refractivity contribution in [3.05, 3.63) is 64.7 Å². The zero-order valence-electron chi connectivity index (χ0n) is 12.6. The molecule has 3 heteroatoms. The Hall–Kier alpha value is -1.51. The number of hydrogen-bond donors (Lipinski definition) is 2. The maximum absolute atomic E-state index is 9.99. The van der Waals surface area contributed by atoms with Crippen molar-refractivity contribution in [2.24, 2.45) is 0 Å². The Kier molecular flexibility index (Phi) is 5.27. The van der Waals surface area contributed by atoms with Gasteiger partial charge >= 0.3 is 0 Å². The normalized spacial score (nSPS) is 13.7. The number of aryl methyl sites for hydroxylation is 1. The van der Waals surface area contributed by atoms with E-state index in [1.54, 1.807) is 0 Å². The van der Waals surface area contributed by atoms with E-state index < -0.39 is 5.54 Å². The molecule has 0 bridgehead atoms. The van der Waals surface area contributed by atoms with Crippen LogP contribution in [0.25, 0.3) is 0 Å². The van der Waals surface area contributed by atoms with E-state index in [-0.39, 0.29) is 6.61 Å². The molecule has 0 saturated heterocycles. The van der Waals surface area contributed by atoms with Crippen LogP contribution in [0.4, 0.5) is 5.69 Å². The summed E-state index contributed by atoms with van der Waals surface area (Å²) in [7, 11) is 0. The summed E-state index contributed by atoms with van der Waals surface area (Å²) in [6.07, 6.45) is 1.79.